The van der Waals surface area contributed by atoms with Crippen LogP contribution in [0.4, 0.5) is 0 Å². The van der Waals surface area contributed by atoms with E-state index in [1.54, 1.807) is 6.20 Å². The lowest BCUT2D eigenvalue weighted by Gasteiger charge is -2.07. The predicted octanol–water partition coefficient (Wildman–Crippen LogP) is 4.24. The highest BCUT2D eigenvalue weighted by Crippen LogP contribution is 2.23. The third kappa shape index (κ3) is 3.54. The van der Waals surface area contributed by atoms with Crippen LogP contribution in [0, 0.1) is 0 Å². The lowest BCUT2D eigenvalue weighted by atomic mass is 10.1. The van der Waals surface area contributed by atoms with Gasteiger partial charge in [-0.3, -0.25) is 4.79 Å². The molecular weight excluding hydrogens is 372 g/mol. The van der Waals surface area contributed by atoms with Crippen LogP contribution in [0.15, 0.2) is 39.5 Å². The number of Topliss-reactive ketones (excluding diaryl/α,β-unsaturated/α-hetero) is 1. The Balaban J connectivity index is 2.18. The van der Waals surface area contributed by atoms with Crippen LogP contribution in [0.1, 0.15) is 29.5 Å². The second-order valence-corrected chi connectivity index (χ2v) is 6.03. The maximum Gasteiger partial charge on any atom is 0.171 e. The molecule has 1 aromatic heterocycles. The van der Waals surface area contributed by atoms with Crippen LogP contribution in [0.5, 0.6) is 0 Å². The van der Waals surface area contributed by atoms with Crippen LogP contribution in [0.3, 0.4) is 0 Å². The third-order valence-corrected chi connectivity index (χ3v) is 3.97. The standard InChI is InChI=1S/C14H14Br2N2O/c1-2-6-18-7-5-17-14(18)9-13(19)11-4-3-10(15)8-12(11)16/h3-5,7-8H,2,6,9H2,1H3. The van der Waals surface area contributed by atoms with Gasteiger partial charge in [0.25, 0.3) is 0 Å². The fourth-order valence-corrected chi connectivity index (χ4v) is 3.17. The number of carbonyl (C=O) groups is 1. The first-order chi connectivity index (χ1) is 9.11. The maximum absolute atomic E-state index is 12.3. The van der Waals surface area contributed by atoms with E-state index in [2.05, 4.69) is 43.8 Å². The number of nitrogens with zero attached hydrogens (tertiary/aromatic N) is 2. The zero-order valence-electron chi connectivity index (χ0n) is 10.6. The number of halogens is 2. The van der Waals surface area contributed by atoms with Crippen LogP contribution in [0.25, 0.3) is 0 Å². The lowest BCUT2D eigenvalue weighted by Crippen LogP contribution is -2.10. The first-order valence-corrected chi connectivity index (χ1v) is 7.68. The van der Waals surface area contributed by atoms with Gasteiger partial charge in [0.15, 0.2) is 5.78 Å². The van der Waals surface area contributed by atoms with Crippen LogP contribution >= 0.6 is 31.9 Å². The molecule has 3 nitrogen and oxygen atoms in total. The summed E-state index contributed by atoms with van der Waals surface area (Å²) in [6.07, 6.45) is 5.02. The molecule has 0 fully saturated rings. The molecule has 19 heavy (non-hydrogen) atoms. The summed E-state index contributed by atoms with van der Waals surface area (Å²) >= 11 is 6.80. The van der Waals surface area contributed by atoms with Crippen molar-refractivity contribution in [3.63, 3.8) is 0 Å². The van der Waals surface area contributed by atoms with Gasteiger partial charge in [0.2, 0.25) is 0 Å². The Labute approximate surface area is 129 Å². The molecule has 1 aromatic carbocycles. The fraction of sp³-hybridized carbons (Fsp3) is 0.286. The normalized spacial score (nSPS) is 10.7. The summed E-state index contributed by atoms with van der Waals surface area (Å²) in [5, 5.41) is 0. The molecule has 0 bridgehead atoms. The van der Waals surface area contributed by atoms with Crippen LogP contribution in [-0.4, -0.2) is 15.3 Å². The Morgan fingerprint density at radius 2 is 2.16 bits per heavy atom. The minimum Gasteiger partial charge on any atom is -0.335 e. The maximum atomic E-state index is 12.3. The van der Waals surface area contributed by atoms with Crippen molar-refractivity contribution in [2.45, 2.75) is 26.3 Å². The van der Waals surface area contributed by atoms with E-state index in [0.29, 0.717) is 12.0 Å². The van der Waals surface area contributed by atoms with Gasteiger partial charge in [0, 0.05) is 33.4 Å². The zero-order valence-corrected chi connectivity index (χ0v) is 13.7. The van der Waals surface area contributed by atoms with Gasteiger partial charge >= 0.3 is 0 Å². The highest BCUT2D eigenvalue weighted by atomic mass is 79.9. The molecule has 0 atom stereocenters. The summed E-state index contributed by atoms with van der Waals surface area (Å²) < 4.78 is 3.79. The first-order valence-electron chi connectivity index (χ1n) is 6.10. The highest BCUT2D eigenvalue weighted by molar-refractivity contribution is 9.11. The largest absolute Gasteiger partial charge is 0.335 e. The summed E-state index contributed by atoms with van der Waals surface area (Å²) in [5.41, 5.74) is 0.689. The molecule has 0 aliphatic heterocycles. The topological polar surface area (TPSA) is 34.9 Å². The Morgan fingerprint density at radius 1 is 1.37 bits per heavy atom. The predicted molar refractivity (Wildman–Crippen MR) is 82.4 cm³/mol. The molecule has 0 unspecified atom stereocenters. The van der Waals surface area contributed by atoms with Gasteiger partial charge in [-0.05, 0) is 24.6 Å². The average Bonchev–Trinajstić information content (AvgIpc) is 2.77. The molecule has 2 aromatic rings. The monoisotopic (exact) mass is 384 g/mol. The summed E-state index contributed by atoms with van der Waals surface area (Å²) in [7, 11) is 0. The van der Waals surface area contributed by atoms with Crippen molar-refractivity contribution in [2.75, 3.05) is 0 Å². The second kappa shape index (κ2) is 6.48. The lowest BCUT2D eigenvalue weighted by molar-refractivity contribution is 0.0989. The molecule has 1 heterocycles. The van der Waals surface area contributed by atoms with Crippen molar-refractivity contribution < 1.29 is 4.79 Å². The minimum atomic E-state index is 0.0722. The van der Waals surface area contributed by atoms with Crippen molar-refractivity contribution in [1.82, 2.24) is 9.55 Å². The molecule has 5 heteroatoms. The van der Waals surface area contributed by atoms with Crippen LogP contribution < -0.4 is 0 Å². The molecule has 0 aliphatic rings. The van der Waals surface area contributed by atoms with E-state index < -0.39 is 0 Å². The van der Waals surface area contributed by atoms with E-state index in [1.807, 2.05) is 29.0 Å². The second-order valence-electron chi connectivity index (χ2n) is 4.26. The van der Waals surface area contributed by atoms with Gasteiger partial charge in [0.05, 0.1) is 6.42 Å². The number of ketones is 1. The van der Waals surface area contributed by atoms with Crippen molar-refractivity contribution >= 4 is 37.6 Å². The third-order valence-electron chi connectivity index (χ3n) is 2.82. The van der Waals surface area contributed by atoms with Crippen LogP contribution in [0.2, 0.25) is 0 Å². The van der Waals surface area contributed by atoms with E-state index in [1.165, 1.54) is 0 Å². The zero-order chi connectivity index (χ0) is 13.8. The van der Waals surface area contributed by atoms with Gasteiger partial charge in [-0.2, -0.15) is 0 Å². The Hall–Kier alpha value is -0.940. The van der Waals surface area contributed by atoms with Crippen molar-refractivity contribution in [3.8, 4) is 0 Å². The average molecular weight is 386 g/mol. The molecule has 100 valence electrons. The van der Waals surface area contributed by atoms with Gasteiger partial charge < -0.3 is 4.57 Å². The highest BCUT2D eigenvalue weighted by Gasteiger charge is 2.14. The molecule has 2 rings (SSSR count). The summed E-state index contributed by atoms with van der Waals surface area (Å²) in [4.78, 5) is 16.6. The van der Waals surface area contributed by atoms with Gasteiger partial charge in [0.1, 0.15) is 5.82 Å². The molecule has 0 saturated heterocycles. The fourth-order valence-electron chi connectivity index (χ4n) is 1.91. The van der Waals surface area contributed by atoms with E-state index in [0.717, 1.165) is 27.7 Å². The summed E-state index contributed by atoms with van der Waals surface area (Å²) in [5.74, 6) is 0.893. The van der Waals surface area contributed by atoms with Crippen molar-refractivity contribution in [2.24, 2.45) is 0 Å². The summed E-state index contributed by atoms with van der Waals surface area (Å²) in [6, 6.07) is 5.58. The Morgan fingerprint density at radius 3 is 2.84 bits per heavy atom. The molecular formula is C14H14Br2N2O. The van der Waals surface area contributed by atoms with E-state index in [-0.39, 0.29) is 5.78 Å². The molecule has 0 N–H and O–H groups in total. The molecule has 0 radical (unpaired) electrons. The van der Waals surface area contributed by atoms with E-state index in [4.69, 9.17) is 0 Å². The molecule has 0 saturated carbocycles. The first kappa shape index (κ1) is 14.5. The number of aryl methyl sites for hydroxylation is 1. The number of rotatable bonds is 5. The quantitative estimate of drug-likeness (QED) is 0.721. The number of hydrogen-bond donors (Lipinski definition) is 0. The number of hydrogen-bond acceptors (Lipinski definition) is 2. The van der Waals surface area contributed by atoms with Crippen molar-refractivity contribution in [3.05, 3.63) is 50.9 Å². The van der Waals surface area contributed by atoms with Gasteiger partial charge in [-0.15, -0.1) is 0 Å². The Bertz CT molecular complexity index is 593. The van der Waals surface area contributed by atoms with E-state index in [9.17, 15) is 4.79 Å². The number of aromatic nitrogens is 2. The number of imidazole rings is 1. The SMILES string of the molecule is CCCn1ccnc1CC(=O)c1ccc(Br)cc1Br. The molecule has 0 aliphatic carbocycles. The van der Waals surface area contributed by atoms with Gasteiger partial charge in [-0.25, -0.2) is 4.98 Å². The summed E-state index contributed by atoms with van der Waals surface area (Å²) in [6.45, 7) is 3.00. The van der Waals surface area contributed by atoms with E-state index >= 15 is 0 Å². The molecule has 0 amide bonds. The smallest absolute Gasteiger partial charge is 0.171 e. The Kier molecular flexibility index (Phi) is 4.93. The van der Waals surface area contributed by atoms with Gasteiger partial charge in [-0.1, -0.05) is 38.8 Å². The number of carbonyl (C=O) groups excluding carboxylic acids is 1. The van der Waals surface area contributed by atoms with Crippen molar-refractivity contribution in [1.29, 1.82) is 0 Å². The molecule has 0 spiro atoms. The van der Waals surface area contributed by atoms with Crippen LogP contribution in [-0.2, 0) is 13.0 Å². The number of benzene rings is 1. The minimum absolute atomic E-state index is 0.0722.